The van der Waals surface area contributed by atoms with Crippen molar-refractivity contribution in [2.24, 2.45) is 0 Å². The number of aromatic nitrogens is 2. The van der Waals surface area contributed by atoms with E-state index in [1.807, 2.05) is 0 Å². The highest BCUT2D eigenvalue weighted by atomic mass is 35.5. The summed E-state index contributed by atoms with van der Waals surface area (Å²) in [5.74, 6) is 0. The standard InChI is InChI=1S/C8H5ClF6N2O/c1-3-4(5(9)18)2-16-17(3)6(7(10,11)12)8(13,14)15/h2,6H,1H3. The molecule has 10 heteroatoms. The van der Waals surface area contributed by atoms with Crippen molar-refractivity contribution in [3.8, 4) is 0 Å². The summed E-state index contributed by atoms with van der Waals surface area (Å²) in [5, 5.41) is 1.76. The van der Waals surface area contributed by atoms with Crippen LogP contribution in [-0.4, -0.2) is 27.4 Å². The first-order valence-corrected chi connectivity index (χ1v) is 4.71. The highest BCUT2D eigenvalue weighted by molar-refractivity contribution is 6.67. The molecule has 102 valence electrons. The Bertz CT molecular complexity index is 449. The van der Waals surface area contributed by atoms with E-state index < -0.39 is 34.9 Å². The van der Waals surface area contributed by atoms with E-state index in [1.54, 1.807) is 0 Å². The second kappa shape index (κ2) is 4.45. The van der Waals surface area contributed by atoms with Crippen molar-refractivity contribution < 1.29 is 31.1 Å². The Morgan fingerprint density at radius 1 is 1.28 bits per heavy atom. The molecule has 1 aromatic rings. The second-order valence-corrected chi connectivity index (χ2v) is 3.69. The molecule has 0 bridgehead atoms. The topological polar surface area (TPSA) is 34.9 Å². The quantitative estimate of drug-likeness (QED) is 0.620. The smallest absolute Gasteiger partial charge is 0.275 e. The minimum atomic E-state index is -5.58. The number of alkyl halides is 6. The maximum Gasteiger partial charge on any atom is 0.419 e. The van der Waals surface area contributed by atoms with Gasteiger partial charge in [-0.3, -0.25) is 4.79 Å². The predicted octanol–water partition coefficient (Wildman–Crippen LogP) is 3.24. The summed E-state index contributed by atoms with van der Waals surface area (Å²) < 4.78 is 74.1. The van der Waals surface area contributed by atoms with Crippen LogP contribution in [-0.2, 0) is 0 Å². The normalized spacial score (nSPS) is 13.2. The Labute approximate surface area is 101 Å². The number of hydrogen-bond acceptors (Lipinski definition) is 2. The molecule has 0 aliphatic rings. The van der Waals surface area contributed by atoms with Crippen molar-refractivity contribution >= 4 is 16.8 Å². The second-order valence-electron chi connectivity index (χ2n) is 3.35. The Morgan fingerprint density at radius 3 is 2.00 bits per heavy atom. The first kappa shape index (κ1) is 14.8. The third-order valence-electron chi connectivity index (χ3n) is 2.12. The van der Waals surface area contributed by atoms with Crippen LogP contribution >= 0.6 is 11.6 Å². The Kier molecular flexibility index (Phi) is 3.66. The molecule has 0 fully saturated rings. The molecular weight excluding hydrogens is 290 g/mol. The van der Waals surface area contributed by atoms with Crippen LogP contribution < -0.4 is 0 Å². The molecule has 1 aromatic heterocycles. The number of carbonyl (C=O) groups is 1. The first-order chi connectivity index (χ1) is 7.96. The van der Waals surface area contributed by atoms with Crippen molar-refractivity contribution in [1.82, 2.24) is 9.78 Å². The van der Waals surface area contributed by atoms with Gasteiger partial charge in [0.25, 0.3) is 5.24 Å². The van der Waals surface area contributed by atoms with Crippen molar-refractivity contribution in [3.63, 3.8) is 0 Å². The lowest BCUT2D eigenvalue weighted by molar-refractivity contribution is -0.277. The number of nitrogens with zero attached hydrogens (tertiary/aromatic N) is 2. The summed E-state index contributed by atoms with van der Waals surface area (Å²) in [7, 11) is 0. The lowest BCUT2D eigenvalue weighted by Gasteiger charge is -2.24. The molecular formula is C8H5ClF6N2O. The summed E-state index contributed by atoms with van der Waals surface area (Å²) in [4.78, 5) is 10.8. The van der Waals surface area contributed by atoms with Gasteiger partial charge in [0.1, 0.15) is 0 Å². The Balaban J connectivity index is 3.37. The van der Waals surface area contributed by atoms with E-state index in [9.17, 15) is 31.1 Å². The molecule has 0 unspecified atom stereocenters. The maximum absolute atomic E-state index is 12.4. The summed E-state index contributed by atoms with van der Waals surface area (Å²) in [6, 6.07) is -3.81. The molecule has 1 heterocycles. The zero-order valence-electron chi connectivity index (χ0n) is 8.60. The fourth-order valence-corrected chi connectivity index (χ4v) is 1.53. The van der Waals surface area contributed by atoms with Crippen molar-refractivity contribution in [2.75, 3.05) is 0 Å². The molecule has 0 saturated carbocycles. The number of halogens is 7. The Hall–Kier alpha value is -1.25. The minimum absolute atomic E-state index is 0.310. The molecule has 0 radical (unpaired) electrons. The highest BCUT2D eigenvalue weighted by Crippen LogP contribution is 2.43. The molecule has 0 aliphatic carbocycles. The summed E-state index contributed by atoms with van der Waals surface area (Å²) in [5.41, 5.74) is -1.11. The van der Waals surface area contributed by atoms with E-state index in [0.29, 0.717) is 6.20 Å². The highest BCUT2D eigenvalue weighted by Gasteiger charge is 2.59. The number of rotatable bonds is 2. The van der Waals surface area contributed by atoms with Gasteiger partial charge >= 0.3 is 12.4 Å². The van der Waals surface area contributed by atoms with Crippen LogP contribution in [0.1, 0.15) is 22.1 Å². The molecule has 1 rings (SSSR count). The van der Waals surface area contributed by atoms with E-state index >= 15 is 0 Å². The molecule has 0 aliphatic heterocycles. The molecule has 3 nitrogen and oxygen atoms in total. The van der Waals surface area contributed by atoms with Gasteiger partial charge in [0.2, 0.25) is 6.04 Å². The number of hydrogen-bond donors (Lipinski definition) is 0. The zero-order valence-corrected chi connectivity index (χ0v) is 9.36. The number of carbonyl (C=O) groups excluding carboxylic acids is 1. The largest absolute Gasteiger partial charge is 0.419 e. The average Bonchev–Trinajstić information content (AvgIpc) is 2.43. The third kappa shape index (κ3) is 2.77. The van der Waals surface area contributed by atoms with Gasteiger partial charge in [-0.2, -0.15) is 31.4 Å². The minimum Gasteiger partial charge on any atom is -0.275 e. The molecule has 0 aromatic carbocycles. The first-order valence-electron chi connectivity index (χ1n) is 4.33. The lowest BCUT2D eigenvalue weighted by atomic mass is 10.2. The van der Waals surface area contributed by atoms with Crippen LogP contribution in [0.25, 0.3) is 0 Å². The van der Waals surface area contributed by atoms with Gasteiger partial charge in [0.05, 0.1) is 11.8 Å². The van der Waals surface area contributed by atoms with Crippen molar-refractivity contribution in [1.29, 1.82) is 0 Å². The summed E-state index contributed by atoms with van der Waals surface area (Å²) in [6.45, 7) is 0.896. The Morgan fingerprint density at radius 2 is 1.72 bits per heavy atom. The van der Waals surface area contributed by atoms with Gasteiger partial charge in [-0.15, -0.1) is 0 Å². The van der Waals surface area contributed by atoms with Gasteiger partial charge in [0.15, 0.2) is 0 Å². The molecule has 18 heavy (non-hydrogen) atoms. The van der Waals surface area contributed by atoms with Gasteiger partial charge in [-0.1, -0.05) is 0 Å². The van der Waals surface area contributed by atoms with Crippen LogP contribution in [0.5, 0.6) is 0 Å². The van der Waals surface area contributed by atoms with Gasteiger partial charge in [-0.25, -0.2) is 4.68 Å². The molecule has 0 N–H and O–H groups in total. The van der Waals surface area contributed by atoms with Gasteiger partial charge in [-0.05, 0) is 18.5 Å². The van der Waals surface area contributed by atoms with Crippen molar-refractivity contribution in [2.45, 2.75) is 25.3 Å². The predicted molar refractivity (Wildman–Crippen MR) is 48.3 cm³/mol. The van der Waals surface area contributed by atoms with Crippen LogP contribution in [0, 0.1) is 6.92 Å². The molecule has 0 atom stereocenters. The monoisotopic (exact) mass is 294 g/mol. The van der Waals surface area contributed by atoms with E-state index in [1.165, 1.54) is 0 Å². The molecule has 0 saturated heterocycles. The fraction of sp³-hybridized carbons (Fsp3) is 0.500. The van der Waals surface area contributed by atoms with Crippen LogP contribution in [0.2, 0.25) is 0 Å². The third-order valence-corrected chi connectivity index (χ3v) is 2.32. The fourth-order valence-electron chi connectivity index (χ4n) is 1.34. The lowest BCUT2D eigenvalue weighted by Crippen LogP contribution is -2.39. The van der Waals surface area contributed by atoms with Crippen molar-refractivity contribution in [3.05, 3.63) is 17.5 Å². The van der Waals surface area contributed by atoms with Gasteiger partial charge in [0, 0.05) is 5.69 Å². The molecule has 0 amide bonds. The van der Waals surface area contributed by atoms with E-state index in [4.69, 9.17) is 11.6 Å². The molecule has 0 spiro atoms. The zero-order chi connectivity index (χ0) is 14.3. The van der Waals surface area contributed by atoms with Crippen LogP contribution in [0.4, 0.5) is 26.3 Å². The van der Waals surface area contributed by atoms with Gasteiger partial charge < -0.3 is 0 Å². The maximum atomic E-state index is 12.4. The van der Waals surface area contributed by atoms with E-state index in [2.05, 4.69) is 5.10 Å². The summed E-state index contributed by atoms with van der Waals surface area (Å²) >= 11 is 5.00. The van der Waals surface area contributed by atoms with Crippen LogP contribution in [0.15, 0.2) is 6.20 Å². The SMILES string of the molecule is Cc1c(C(=O)Cl)cnn1C(C(F)(F)F)C(F)(F)F. The van der Waals surface area contributed by atoms with Crippen LogP contribution in [0.3, 0.4) is 0 Å². The van der Waals surface area contributed by atoms with E-state index in [0.717, 1.165) is 6.92 Å². The average molecular weight is 295 g/mol. The van der Waals surface area contributed by atoms with E-state index in [-0.39, 0.29) is 4.68 Å². The summed E-state index contributed by atoms with van der Waals surface area (Å²) in [6.07, 6.45) is -10.6.